The van der Waals surface area contributed by atoms with Crippen LogP contribution in [0, 0.1) is 0 Å². The molecule has 0 bridgehead atoms. The lowest BCUT2D eigenvalue weighted by Crippen LogP contribution is -2.37. The van der Waals surface area contributed by atoms with Crippen LogP contribution in [0.3, 0.4) is 0 Å². The summed E-state index contributed by atoms with van der Waals surface area (Å²) < 4.78 is 7.41. The number of hydrogen-bond acceptors (Lipinski definition) is 5. The Morgan fingerprint density at radius 2 is 2.11 bits per heavy atom. The number of para-hydroxylation sites is 1. The fourth-order valence-electron chi connectivity index (χ4n) is 3.36. The van der Waals surface area contributed by atoms with E-state index >= 15 is 0 Å². The molecule has 1 amide bonds. The van der Waals surface area contributed by atoms with Crippen molar-refractivity contribution < 1.29 is 9.53 Å². The van der Waals surface area contributed by atoms with Crippen LogP contribution in [0.2, 0.25) is 0 Å². The molecule has 1 aromatic carbocycles. The quantitative estimate of drug-likeness (QED) is 0.554. The topological polar surface area (TPSA) is 69.0 Å². The van der Waals surface area contributed by atoms with Gasteiger partial charge in [0.15, 0.2) is 11.0 Å². The van der Waals surface area contributed by atoms with Gasteiger partial charge in [-0.3, -0.25) is 9.36 Å². The second-order valence-corrected chi connectivity index (χ2v) is 7.54. The largest absolute Gasteiger partial charge is 0.496 e. The minimum absolute atomic E-state index is 0.0545. The number of benzene rings is 1. The third kappa shape index (κ3) is 4.91. The summed E-state index contributed by atoms with van der Waals surface area (Å²) in [4.78, 5) is 12.3. The molecule has 0 spiro atoms. The Balaban J connectivity index is 1.71. The lowest BCUT2D eigenvalue weighted by molar-refractivity contribution is -0.119. The van der Waals surface area contributed by atoms with Crippen LogP contribution in [-0.2, 0) is 11.3 Å². The van der Waals surface area contributed by atoms with Gasteiger partial charge in [0.1, 0.15) is 5.75 Å². The Kier molecular flexibility index (Phi) is 6.92. The summed E-state index contributed by atoms with van der Waals surface area (Å²) >= 11 is 1.40. The summed E-state index contributed by atoms with van der Waals surface area (Å²) in [6.45, 7) is 4.39. The Hall–Kier alpha value is -2.28. The maximum atomic E-state index is 12.3. The normalized spacial score (nSPS) is 14.7. The van der Waals surface area contributed by atoms with Gasteiger partial charge in [0, 0.05) is 12.6 Å². The van der Waals surface area contributed by atoms with Crippen LogP contribution in [0.25, 0.3) is 11.4 Å². The number of thioether (sulfide) groups is 1. The van der Waals surface area contributed by atoms with Gasteiger partial charge in [-0.1, -0.05) is 49.2 Å². The highest BCUT2D eigenvalue weighted by Gasteiger charge is 2.19. The molecule has 0 unspecified atom stereocenters. The van der Waals surface area contributed by atoms with E-state index in [1.807, 2.05) is 28.8 Å². The van der Waals surface area contributed by atoms with Crippen molar-refractivity contribution in [1.29, 1.82) is 0 Å². The molecule has 1 aromatic heterocycles. The molecule has 0 atom stereocenters. The van der Waals surface area contributed by atoms with Gasteiger partial charge in [0.2, 0.25) is 5.91 Å². The number of carbonyl (C=O) groups excluding carboxylic acids is 1. The molecule has 7 heteroatoms. The van der Waals surface area contributed by atoms with Crippen LogP contribution >= 0.6 is 11.8 Å². The van der Waals surface area contributed by atoms with Gasteiger partial charge in [0.05, 0.1) is 18.4 Å². The van der Waals surface area contributed by atoms with Crippen molar-refractivity contribution in [3.8, 4) is 17.1 Å². The molecule has 1 aliphatic rings. The highest BCUT2D eigenvalue weighted by molar-refractivity contribution is 7.99. The van der Waals surface area contributed by atoms with E-state index in [2.05, 4.69) is 22.1 Å². The van der Waals surface area contributed by atoms with Gasteiger partial charge in [0.25, 0.3) is 0 Å². The fraction of sp³-hybridized carbons (Fsp3) is 0.450. The van der Waals surface area contributed by atoms with Crippen LogP contribution in [0.5, 0.6) is 5.75 Å². The summed E-state index contributed by atoms with van der Waals surface area (Å²) in [5, 5.41) is 12.5. The number of amides is 1. The first-order chi connectivity index (χ1) is 13.2. The van der Waals surface area contributed by atoms with Gasteiger partial charge in [-0.05, 0) is 25.0 Å². The van der Waals surface area contributed by atoms with Crippen LogP contribution < -0.4 is 10.1 Å². The van der Waals surface area contributed by atoms with E-state index in [0.29, 0.717) is 29.3 Å². The Labute approximate surface area is 164 Å². The Bertz CT molecular complexity index is 784. The molecule has 0 radical (unpaired) electrons. The van der Waals surface area contributed by atoms with Crippen molar-refractivity contribution in [3.63, 3.8) is 0 Å². The molecular formula is C20H26N4O2S. The molecular weight excluding hydrogens is 360 g/mol. The van der Waals surface area contributed by atoms with Crippen LogP contribution in [0.15, 0.2) is 42.1 Å². The number of allylic oxidation sites excluding steroid dienone is 1. The predicted molar refractivity (Wildman–Crippen MR) is 108 cm³/mol. The maximum absolute atomic E-state index is 12.3. The van der Waals surface area contributed by atoms with Crippen molar-refractivity contribution in [3.05, 3.63) is 36.9 Å². The van der Waals surface area contributed by atoms with Gasteiger partial charge < -0.3 is 10.1 Å². The lowest BCUT2D eigenvalue weighted by Gasteiger charge is -2.22. The fourth-order valence-corrected chi connectivity index (χ4v) is 4.12. The summed E-state index contributed by atoms with van der Waals surface area (Å²) in [5.41, 5.74) is 0.868. The lowest BCUT2D eigenvalue weighted by atomic mass is 9.95. The maximum Gasteiger partial charge on any atom is 0.230 e. The second kappa shape index (κ2) is 9.60. The minimum Gasteiger partial charge on any atom is -0.496 e. The molecule has 144 valence electrons. The Morgan fingerprint density at radius 3 is 2.85 bits per heavy atom. The zero-order valence-electron chi connectivity index (χ0n) is 15.7. The summed E-state index contributed by atoms with van der Waals surface area (Å²) in [5.74, 6) is 1.83. The van der Waals surface area contributed by atoms with Crippen LogP contribution in [-0.4, -0.2) is 39.6 Å². The standard InChI is InChI=1S/C20H26N4O2S/c1-3-13-24-19(16-11-7-8-12-17(16)26-2)22-23-20(24)27-14-18(25)21-15-9-5-4-6-10-15/h3,7-8,11-12,15H,1,4-6,9-10,13-14H2,2H3,(H,21,25). The van der Waals surface area contributed by atoms with Crippen molar-refractivity contribution in [2.45, 2.75) is 49.8 Å². The number of nitrogens with one attached hydrogen (secondary N) is 1. The number of aromatic nitrogens is 3. The summed E-state index contributed by atoms with van der Waals surface area (Å²) in [6, 6.07) is 8.03. The zero-order valence-corrected chi connectivity index (χ0v) is 16.5. The van der Waals surface area contributed by atoms with Gasteiger partial charge in [-0.25, -0.2) is 0 Å². The van der Waals surface area contributed by atoms with Crippen LogP contribution in [0.4, 0.5) is 0 Å². The average molecular weight is 387 g/mol. The molecule has 1 N–H and O–H groups in total. The van der Waals surface area contributed by atoms with Crippen molar-refractivity contribution >= 4 is 17.7 Å². The molecule has 0 aliphatic heterocycles. The average Bonchev–Trinajstić information content (AvgIpc) is 3.10. The minimum atomic E-state index is 0.0545. The SMILES string of the molecule is C=CCn1c(SCC(=O)NC2CCCCC2)nnc1-c1ccccc1OC. The Morgan fingerprint density at radius 1 is 1.33 bits per heavy atom. The number of carbonyl (C=O) groups is 1. The number of nitrogens with zero attached hydrogens (tertiary/aromatic N) is 3. The van der Waals surface area contributed by atoms with E-state index in [-0.39, 0.29) is 5.91 Å². The van der Waals surface area contributed by atoms with Crippen molar-refractivity contribution in [2.24, 2.45) is 0 Å². The molecule has 3 rings (SSSR count). The first-order valence-electron chi connectivity index (χ1n) is 9.32. The van der Waals surface area contributed by atoms with Gasteiger partial charge in [-0.15, -0.1) is 16.8 Å². The molecule has 1 fully saturated rings. The molecule has 1 aliphatic carbocycles. The van der Waals surface area contributed by atoms with Gasteiger partial charge >= 0.3 is 0 Å². The first-order valence-corrected chi connectivity index (χ1v) is 10.3. The molecule has 1 heterocycles. The molecule has 1 saturated carbocycles. The molecule has 27 heavy (non-hydrogen) atoms. The van der Waals surface area contributed by atoms with Crippen molar-refractivity contribution in [2.75, 3.05) is 12.9 Å². The monoisotopic (exact) mass is 386 g/mol. The van der Waals surface area contributed by atoms with E-state index in [1.54, 1.807) is 13.2 Å². The van der Waals surface area contributed by atoms with Gasteiger partial charge in [-0.2, -0.15) is 0 Å². The van der Waals surface area contributed by atoms with Crippen LogP contribution in [0.1, 0.15) is 32.1 Å². The van der Waals surface area contributed by atoms with E-state index in [4.69, 9.17) is 4.74 Å². The van der Waals surface area contributed by atoms with E-state index in [1.165, 1.54) is 31.0 Å². The van der Waals surface area contributed by atoms with Crippen molar-refractivity contribution in [1.82, 2.24) is 20.1 Å². The number of ether oxygens (including phenoxy) is 1. The second-order valence-electron chi connectivity index (χ2n) is 6.60. The third-order valence-electron chi connectivity index (χ3n) is 4.68. The molecule has 6 nitrogen and oxygen atoms in total. The highest BCUT2D eigenvalue weighted by atomic mass is 32.2. The number of rotatable bonds is 8. The number of hydrogen-bond donors (Lipinski definition) is 1. The first kappa shape index (κ1) is 19.5. The summed E-state index contributed by atoms with van der Waals surface area (Å²) in [6.07, 6.45) is 7.65. The zero-order chi connectivity index (χ0) is 19.1. The summed E-state index contributed by atoms with van der Waals surface area (Å²) in [7, 11) is 1.64. The third-order valence-corrected chi connectivity index (χ3v) is 5.65. The predicted octanol–water partition coefficient (Wildman–Crippen LogP) is 3.68. The van der Waals surface area contributed by atoms with E-state index in [0.717, 1.165) is 24.2 Å². The smallest absolute Gasteiger partial charge is 0.230 e. The van der Waals surface area contributed by atoms with E-state index < -0.39 is 0 Å². The van der Waals surface area contributed by atoms with E-state index in [9.17, 15) is 4.79 Å². The highest BCUT2D eigenvalue weighted by Crippen LogP contribution is 2.30. The number of methoxy groups -OCH3 is 1. The molecule has 0 saturated heterocycles. The molecule has 2 aromatic rings.